The molecule has 6 rings (SSSR count). The Morgan fingerprint density at radius 3 is 2.17 bits per heavy atom. The standard InChI is InChI=1S/C45H45N3O8S2/c1-6-37(43(51)48-44-39(45(52)56-5)33-21-20-30(25-38(33)58-44)28-14-9-7-10-15-28)57-32-19-13-18-31(26-32)46-42(50)34(47-41(49)29-16-11-8-12-17-29)22-27-23-35(53-2)40(55-4)36(24-27)54-3/h7-19,22-24,26,30,37H,6,20-21,25H2,1-5H3,(H,46,50)(H,47,49)(H,48,51)/b34-22+. The second-order valence-corrected chi connectivity index (χ2v) is 15.8. The molecule has 0 fully saturated rings. The number of hydrogen-bond acceptors (Lipinski definition) is 10. The average Bonchev–Trinajstić information content (AvgIpc) is 3.62. The fraction of sp³-hybridized carbons (Fsp3) is 0.244. The second kappa shape index (κ2) is 19.4. The third kappa shape index (κ3) is 9.72. The lowest BCUT2D eigenvalue weighted by molar-refractivity contribution is -0.116. The minimum atomic E-state index is -0.587. The van der Waals surface area contributed by atoms with Crippen LogP contribution in [0.1, 0.15) is 68.0 Å². The maximum atomic E-state index is 13.9. The van der Waals surface area contributed by atoms with E-state index in [0.29, 0.717) is 63.4 Å². The van der Waals surface area contributed by atoms with E-state index in [4.69, 9.17) is 18.9 Å². The van der Waals surface area contributed by atoms with Gasteiger partial charge in [0.2, 0.25) is 11.7 Å². The lowest BCUT2D eigenvalue weighted by Crippen LogP contribution is -2.30. The van der Waals surface area contributed by atoms with E-state index >= 15 is 0 Å². The van der Waals surface area contributed by atoms with Crippen LogP contribution in [0.2, 0.25) is 0 Å². The number of fused-ring (bicyclic) bond motifs is 1. The van der Waals surface area contributed by atoms with Crippen LogP contribution in [0, 0.1) is 0 Å². The van der Waals surface area contributed by atoms with Gasteiger partial charge >= 0.3 is 5.97 Å². The highest BCUT2D eigenvalue weighted by atomic mass is 32.2. The number of anilines is 2. The number of methoxy groups -OCH3 is 4. The first-order valence-corrected chi connectivity index (χ1v) is 20.4. The van der Waals surface area contributed by atoms with E-state index in [1.807, 2.05) is 31.2 Å². The number of rotatable bonds is 15. The molecule has 300 valence electrons. The van der Waals surface area contributed by atoms with Crippen molar-refractivity contribution in [2.45, 2.75) is 48.7 Å². The predicted octanol–water partition coefficient (Wildman–Crippen LogP) is 8.75. The van der Waals surface area contributed by atoms with Crippen molar-refractivity contribution >= 4 is 63.6 Å². The number of carbonyl (C=O) groups excluding carboxylic acids is 4. The van der Waals surface area contributed by atoms with Gasteiger partial charge in [-0.3, -0.25) is 14.4 Å². The van der Waals surface area contributed by atoms with Crippen LogP contribution in [-0.2, 0) is 27.2 Å². The van der Waals surface area contributed by atoms with Crippen LogP contribution >= 0.6 is 23.1 Å². The maximum absolute atomic E-state index is 13.9. The van der Waals surface area contributed by atoms with Crippen molar-refractivity contribution in [1.82, 2.24) is 5.32 Å². The number of thiophene rings is 1. The molecule has 1 aliphatic rings. The predicted molar refractivity (Wildman–Crippen MR) is 228 cm³/mol. The summed E-state index contributed by atoms with van der Waals surface area (Å²) in [7, 11) is 5.83. The highest BCUT2D eigenvalue weighted by Crippen LogP contribution is 2.43. The molecule has 1 aromatic heterocycles. The van der Waals surface area contributed by atoms with Crippen LogP contribution in [0.3, 0.4) is 0 Å². The Hall–Kier alpha value is -6.05. The summed E-state index contributed by atoms with van der Waals surface area (Å²) in [6, 6.07) is 29.4. The van der Waals surface area contributed by atoms with Crippen molar-refractivity contribution in [3.63, 3.8) is 0 Å². The van der Waals surface area contributed by atoms with Gasteiger partial charge in [0, 0.05) is 21.0 Å². The molecule has 58 heavy (non-hydrogen) atoms. The Kier molecular flexibility index (Phi) is 13.9. The molecule has 4 aromatic carbocycles. The number of nitrogens with one attached hydrogen (secondary N) is 3. The number of esters is 1. The molecule has 1 heterocycles. The molecular weight excluding hydrogens is 775 g/mol. The highest BCUT2D eigenvalue weighted by Gasteiger charge is 2.32. The van der Waals surface area contributed by atoms with Gasteiger partial charge in [-0.15, -0.1) is 23.1 Å². The van der Waals surface area contributed by atoms with Crippen molar-refractivity contribution in [1.29, 1.82) is 0 Å². The van der Waals surface area contributed by atoms with Crippen molar-refractivity contribution in [2.24, 2.45) is 0 Å². The number of benzene rings is 4. The molecule has 0 radical (unpaired) electrons. The van der Waals surface area contributed by atoms with E-state index in [-0.39, 0.29) is 11.6 Å². The quantitative estimate of drug-likeness (QED) is 0.0537. The van der Waals surface area contributed by atoms with Crippen LogP contribution in [0.4, 0.5) is 10.7 Å². The monoisotopic (exact) mass is 819 g/mol. The molecule has 0 bridgehead atoms. The number of amides is 3. The molecule has 2 unspecified atom stereocenters. The van der Waals surface area contributed by atoms with Gasteiger partial charge in [0.05, 0.1) is 39.3 Å². The van der Waals surface area contributed by atoms with Crippen molar-refractivity contribution in [3.05, 3.63) is 135 Å². The lowest BCUT2D eigenvalue weighted by Gasteiger charge is -2.22. The molecule has 13 heteroatoms. The van der Waals surface area contributed by atoms with Gasteiger partial charge in [-0.1, -0.05) is 61.5 Å². The van der Waals surface area contributed by atoms with Gasteiger partial charge < -0.3 is 34.9 Å². The highest BCUT2D eigenvalue weighted by molar-refractivity contribution is 8.00. The third-order valence-electron chi connectivity index (χ3n) is 9.72. The van der Waals surface area contributed by atoms with E-state index in [2.05, 4.69) is 28.1 Å². The summed E-state index contributed by atoms with van der Waals surface area (Å²) in [5.74, 6) is -0.320. The zero-order chi connectivity index (χ0) is 41.2. The molecule has 5 aromatic rings. The fourth-order valence-corrected chi connectivity index (χ4v) is 9.15. The van der Waals surface area contributed by atoms with Crippen LogP contribution < -0.4 is 30.2 Å². The Morgan fingerprint density at radius 1 is 0.845 bits per heavy atom. The van der Waals surface area contributed by atoms with E-state index in [1.54, 1.807) is 60.7 Å². The maximum Gasteiger partial charge on any atom is 0.341 e. The molecule has 0 spiro atoms. The molecular formula is C45H45N3O8S2. The third-order valence-corrected chi connectivity index (χ3v) is 12.3. The number of ether oxygens (including phenoxy) is 4. The van der Waals surface area contributed by atoms with Gasteiger partial charge in [0.15, 0.2) is 11.5 Å². The van der Waals surface area contributed by atoms with Crippen LogP contribution in [0.15, 0.2) is 108 Å². The lowest BCUT2D eigenvalue weighted by atomic mass is 9.83. The summed E-state index contributed by atoms with van der Waals surface area (Å²) in [5.41, 5.74) is 3.92. The van der Waals surface area contributed by atoms with E-state index in [1.165, 1.54) is 63.2 Å². The molecule has 2 atom stereocenters. The van der Waals surface area contributed by atoms with Crippen LogP contribution in [-0.4, -0.2) is 57.4 Å². The van der Waals surface area contributed by atoms with Crippen molar-refractivity contribution < 1.29 is 38.1 Å². The summed E-state index contributed by atoms with van der Waals surface area (Å²) in [4.78, 5) is 56.0. The zero-order valence-electron chi connectivity index (χ0n) is 32.9. The first-order valence-electron chi connectivity index (χ1n) is 18.7. The fourth-order valence-electron chi connectivity index (χ4n) is 6.82. The van der Waals surface area contributed by atoms with E-state index in [0.717, 1.165) is 28.2 Å². The van der Waals surface area contributed by atoms with Gasteiger partial charge in [0.1, 0.15) is 10.7 Å². The molecule has 0 saturated heterocycles. The Morgan fingerprint density at radius 2 is 1.53 bits per heavy atom. The second-order valence-electron chi connectivity index (χ2n) is 13.4. The average molecular weight is 820 g/mol. The van der Waals surface area contributed by atoms with Gasteiger partial charge in [0.25, 0.3) is 11.8 Å². The van der Waals surface area contributed by atoms with Crippen LogP contribution in [0.25, 0.3) is 6.08 Å². The van der Waals surface area contributed by atoms with Crippen molar-refractivity contribution in [3.8, 4) is 17.2 Å². The van der Waals surface area contributed by atoms with Gasteiger partial charge in [-0.05, 0) is 96.8 Å². The molecule has 0 aliphatic heterocycles. The number of hydrogen-bond donors (Lipinski definition) is 3. The Balaban J connectivity index is 1.21. The number of thioether (sulfide) groups is 1. The molecule has 0 saturated carbocycles. The molecule has 11 nitrogen and oxygen atoms in total. The minimum absolute atomic E-state index is 0.0397. The SMILES string of the molecule is CCC(Sc1cccc(NC(=O)/C(=C\c2cc(OC)c(OC)c(OC)c2)NC(=O)c2ccccc2)c1)C(=O)Nc1sc2c(c1C(=O)OC)CCC(c1ccccc1)C2. The van der Waals surface area contributed by atoms with Gasteiger partial charge in [-0.25, -0.2) is 4.79 Å². The van der Waals surface area contributed by atoms with Crippen molar-refractivity contribution in [2.75, 3.05) is 39.1 Å². The normalized spacial score (nSPS) is 14.0. The largest absolute Gasteiger partial charge is 0.493 e. The van der Waals surface area contributed by atoms with E-state index < -0.39 is 23.0 Å². The minimum Gasteiger partial charge on any atom is -0.493 e. The summed E-state index contributed by atoms with van der Waals surface area (Å²) in [5, 5.41) is 8.69. The summed E-state index contributed by atoms with van der Waals surface area (Å²) in [6.45, 7) is 1.92. The first-order chi connectivity index (χ1) is 28.2. The number of carbonyl (C=O) groups is 4. The van der Waals surface area contributed by atoms with Crippen LogP contribution in [0.5, 0.6) is 17.2 Å². The van der Waals surface area contributed by atoms with E-state index in [9.17, 15) is 19.2 Å². The molecule has 3 amide bonds. The van der Waals surface area contributed by atoms with Gasteiger partial charge in [-0.2, -0.15) is 0 Å². The summed E-state index contributed by atoms with van der Waals surface area (Å²) >= 11 is 2.78. The molecule has 1 aliphatic carbocycles. The zero-order valence-corrected chi connectivity index (χ0v) is 34.5. The Bertz CT molecular complexity index is 2280. The summed E-state index contributed by atoms with van der Waals surface area (Å²) < 4.78 is 21.6. The topological polar surface area (TPSA) is 141 Å². The first kappa shape index (κ1) is 41.6. The smallest absolute Gasteiger partial charge is 0.341 e. The Labute approximate surface area is 346 Å². The molecule has 3 N–H and O–H groups in total. The summed E-state index contributed by atoms with van der Waals surface area (Å²) in [6.07, 6.45) is 4.40.